The molecular formula is C25H24N2O4S. The normalized spacial score (nSPS) is 13.2. The molecule has 3 aromatic carbocycles. The third-order valence-electron chi connectivity index (χ3n) is 4.98. The first-order valence-corrected chi connectivity index (χ1v) is 11.4. The van der Waals surface area contributed by atoms with Crippen molar-refractivity contribution in [2.45, 2.75) is 17.9 Å². The van der Waals surface area contributed by atoms with E-state index in [4.69, 9.17) is 9.47 Å². The summed E-state index contributed by atoms with van der Waals surface area (Å²) < 4.78 is 11.1. The molecule has 0 saturated carbocycles. The highest BCUT2D eigenvalue weighted by atomic mass is 32.2. The molecule has 1 aliphatic heterocycles. The van der Waals surface area contributed by atoms with Gasteiger partial charge in [-0.3, -0.25) is 9.59 Å². The van der Waals surface area contributed by atoms with Gasteiger partial charge < -0.3 is 20.1 Å². The molecule has 1 unspecified atom stereocenters. The summed E-state index contributed by atoms with van der Waals surface area (Å²) in [6.07, 6.45) is 0. The lowest BCUT2D eigenvalue weighted by Crippen LogP contribution is -2.28. The zero-order chi connectivity index (χ0) is 22.3. The molecule has 0 radical (unpaired) electrons. The van der Waals surface area contributed by atoms with Gasteiger partial charge in [-0.05, 0) is 42.8 Å². The van der Waals surface area contributed by atoms with Crippen LogP contribution in [0.1, 0.15) is 28.9 Å². The van der Waals surface area contributed by atoms with E-state index >= 15 is 0 Å². The second-order valence-corrected chi connectivity index (χ2v) is 8.34. The first kappa shape index (κ1) is 21.8. The molecule has 3 aromatic rings. The summed E-state index contributed by atoms with van der Waals surface area (Å²) in [6.45, 7) is 2.99. The van der Waals surface area contributed by atoms with Crippen molar-refractivity contribution in [2.75, 3.05) is 24.3 Å². The summed E-state index contributed by atoms with van der Waals surface area (Å²) in [6, 6.07) is 22.2. The van der Waals surface area contributed by atoms with Crippen molar-refractivity contribution >= 4 is 29.3 Å². The molecule has 1 heterocycles. The van der Waals surface area contributed by atoms with Crippen LogP contribution >= 0.6 is 11.8 Å². The highest BCUT2D eigenvalue weighted by Crippen LogP contribution is 2.34. The monoisotopic (exact) mass is 448 g/mol. The summed E-state index contributed by atoms with van der Waals surface area (Å²) in [5, 5.41) is 5.85. The Morgan fingerprint density at radius 2 is 1.66 bits per heavy atom. The number of benzene rings is 3. The van der Waals surface area contributed by atoms with Gasteiger partial charge in [-0.25, -0.2) is 0 Å². The van der Waals surface area contributed by atoms with Gasteiger partial charge in [0.15, 0.2) is 11.5 Å². The molecule has 6 nitrogen and oxygen atoms in total. The minimum atomic E-state index is -0.239. The Labute approximate surface area is 191 Å². The summed E-state index contributed by atoms with van der Waals surface area (Å²) in [5.41, 5.74) is 1.92. The van der Waals surface area contributed by atoms with Crippen molar-refractivity contribution in [1.29, 1.82) is 0 Å². The zero-order valence-corrected chi connectivity index (χ0v) is 18.5. The van der Waals surface area contributed by atoms with E-state index in [0.29, 0.717) is 30.2 Å². The van der Waals surface area contributed by atoms with E-state index in [1.165, 1.54) is 11.8 Å². The molecule has 32 heavy (non-hydrogen) atoms. The SMILES string of the molecule is CC(NC(=O)c1ccccc1NC(=O)CSc1ccc2c(c1)OCCO2)c1ccccc1. The smallest absolute Gasteiger partial charge is 0.253 e. The van der Waals surface area contributed by atoms with Crippen molar-refractivity contribution in [3.63, 3.8) is 0 Å². The molecule has 0 aliphatic carbocycles. The Hall–Kier alpha value is -3.45. The Morgan fingerprint density at radius 1 is 0.938 bits per heavy atom. The van der Waals surface area contributed by atoms with E-state index in [9.17, 15) is 9.59 Å². The largest absolute Gasteiger partial charge is 0.486 e. The molecule has 2 N–H and O–H groups in total. The summed E-state index contributed by atoms with van der Waals surface area (Å²) in [5.74, 6) is 1.18. The van der Waals surface area contributed by atoms with Gasteiger partial charge in [0.1, 0.15) is 13.2 Å². The second kappa shape index (κ2) is 10.2. The lowest BCUT2D eigenvalue weighted by molar-refractivity contribution is -0.113. The first-order valence-electron chi connectivity index (χ1n) is 10.4. The molecular weight excluding hydrogens is 424 g/mol. The Balaban J connectivity index is 1.37. The average molecular weight is 449 g/mol. The highest BCUT2D eigenvalue weighted by molar-refractivity contribution is 8.00. The van der Waals surface area contributed by atoms with E-state index in [-0.39, 0.29) is 23.6 Å². The summed E-state index contributed by atoms with van der Waals surface area (Å²) in [7, 11) is 0. The van der Waals surface area contributed by atoms with E-state index in [1.807, 2.05) is 55.5 Å². The van der Waals surface area contributed by atoms with E-state index < -0.39 is 0 Å². The van der Waals surface area contributed by atoms with Gasteiger partial charge in [0.2, 0.25) is 5.91 Å². The maximum absolute atomic E-state index is 12.9. The van der Waals surface area contributed by atoms with Crippen LogP contribution in [0.4, 0.5) is 5.69 Å². The maximum atomic E-state index is 12.9. The van der Waals surface area contributed by atoms with Crippen LogP contribution in [0.3, 0.4) is 0 Å². The number of amides is 2. The summed E-state index contributed by atoms with van der Waals surface area (Å²) >= 11 is 1.39. The molecule has 2 amide bonds. The minimum Gasteiger partial charge on any atom is -0.486 e. The number of carbonyl (C=O) groups is 2. The third-order valence-corrected chi connectivity index (χ3v) is 5.97. The lowest BCUT2D eigenvalue weighted by atomic mass is 10.1. The second-order valence-electron chi connectivity index (χ2n) is 7.29. The number of nitrogens with one attached hydrogen (secondary N) is 2. The number of anilines is 1. The standard InChI is InChI=1S/C25H24N2O4S/c1-17(18-7-3-2-4-8-18)26-25(29)20-9-5-6-10-21(20)27-24(28)16-32-19-11-12-22-23(15-19)31-14-13-30-22/h2-12,15,17H,13-14,16H2,1H3,(H,26,29)(H,27,28). The number of fused-ring (bicyclic) bond motifs is 1. The van der Waals surface area contributed by atoms with Gasteiger partial charge in [-0.15, -0.1) is 11.8 Å². The van der Waals surface area contributed by atoms with Crippen molar-refractivity contribution in [3.05, 3.63) is 83.9 Å². The molecule has 4 rings (SSSR count). The minimum absolute atomic E-state index is 0.154. The fourth-order valence-corrected chi connectivity index (χ4v) is 4.06. The van der Waals surface area contributed by atoms with Crippen LogP contribution in [0.25, 0.3) is 0 Å². The number of ether oxygens (including phenoxy) is 2. The Kier molecular flexibility index (Phi) is 6.97. The predicted molar refractivity (Wildman–Crippen MR) is 126 cm³/mol. The van der Waals surface area contributed by atoms with Gasteiger partial charge in [-0.1, -0.05) is 42.5 Å². The van der Waals surface area contributed by atoms with E-state index in [0.717, 1.165) is 16.2 Å². The van der Waals surface area contributed by atoms with Crippen molar-refractivity contribution in [2.24, 2.45) is 0 Å². The third kappa shape index (κ3) is 5.42. The molecule has 0 aromatic heterocycles. The maximum Gasteiger partial charge on any atom is 0.253 e. The Bertz CT molecular complexity index is 1100. The highest BCUT2D eigenvalue weighted by Gasteiger charge is 2.17. The number of carbonyl (C=O) groups excluding carboxylic acids is 2. The van der Waals surface area contributed by atoms with Crippen molar-refractivity contribution < 1.29 is 19.1 Å². The van der Waals surface area contributed by atoms with Gasteiger partial charge in [0.05, 0.1) is 23.0 Å². The van der Waals surface area contributed by atoms with Crippen molar-refractivity contribution in [3.8, 4) is 11.5 Å². The van der Waals surface area contributed by atoms with Crippen LogP contribution < -0.4 is 20.1 Å². The number of para-hydroxylation sites is 1. The van der Waals surface area contributed by atoms with E-state index in [1.54, 1.807) is 24.3 Å². The molecule has 1 atom stereocenters. The van der Waals surface area contributed by atoms with Gasteiger partial charge >= 0.3 is 0 Å². The fourth-order valence-electron chi connectivity index (χ4n) is 3.34. The van der Waals surface area contributed by atoms with Gasteiger partial charge in [-0.2, -0.15) is 0 Å². The van der Waals surface area contributed by atoms with Crippen LogP contribution in [-0.2, 0) is 4.79 Å². The first-order chi connectivity index (χ1) is 15.6. The Morgan fingerprint density at radius 3 is 2.47 bits per heavy atom. The van der Waals surface area contributed by atoms with Crippen LogP contribution in [0.15, 0.2) is 77.7 Å². The molecule has 164 valence electrons. The van der Waals surface area contributed by atoms with Crippen molar-refractivity contribution in [1.82, 2.24) is 5.32 Å². The molecule has 7 heteroatoms. The number of thioether (sulfide) groups is 1. The van der Waals surface area contributed by atoms with E-state index in [2.05, 4.69) is 10.6 Å². The predicted octanol–water partition coefficient (Wildman–Crippen LogP) is 4.68. The fraction of sp³-hybridized carbons (Fsp3) is 0.200. The molecule has 0 bridgehead atoms. The number of rotatable bonds is 7. The molecule has 0 fully saturated rings. The number of hydrogen-bond acceptors (Lipinski definition) is 5. The van der Waals surface area contributed by atoms with Crippen LogP contribution in [0, 0.1) is 0 Å². The van der Waals surface area contributed by atoms with Gasteiger partial charge in [0, 0.05) is 4.90 Å². The lowest BCUT2D eigenvalue weighted by Gasteiger charge is -2.18. The summed E-state index contributed by atoms with van der Waals surface area (Å²) in [4.78, 5) is 26.3. The average Bonchev–Trinajstić information content (AvgIpc) is 2.83. The molecule has 1 aliphatic rings. The molecule has 0 spiro atoms. The molecule has 0 saturated heterocycles. The quantitative estimate of drug-likeness (QED) is 0.513. The zero-order valence-electron chi connectivity index (χ0n) is 17.7. The van der Waals surface area contributed by atoms with Crippen LogP contribution in [0.5, 0.6) is 11.5 Å². The van der Waals surface area contributed by atoms with Gasteiger partial charge in [0.25, 0.3) is 5.91 Å². The number of hydrogen-bond donors (Lipinski definition) is 2. The van der Waals surface area contributed by atoms with Crippen LogP contribution in [-0.4, -0.2) is 30.8 Å². The van der Waals surface area contributed by atoms with Crippen LogP contribution in [0.2, 0.25) is 0 Å². The topological polar surface area (TPSA) is 76.7 Å².